The maximum absolute atomic E-state index is 14.3. The molecule has 7 rings (SSSR count). The first-order valence-corrected chi connectivity index (χ1v) is 18.2. The summed E-state index contributed by atoms with van der Waals surface area (Å²) in [6, 6.07) is 12.3. The zero-order chi connectivity index (χ0) is 39.9. The quantitative estimate of drug-likeness (QED) is 0.0997. The fraction of sp³-hybridized carbons (Fsp3) is 0.400. The van der Waals surface area contributed by atoms with Crippen molar-refractivity contribution in [1.29, 1.82) is 0 Å². The molecule has 56 heavy (non-hydrogen) atoms. The van der Waals surface area contributed by atoms with Crippen molar-refractivity contribution in [2.45, 2.75) is 86.3 Å². The van der Waals surface area contributed by atoms with Crippen LogP contribution in [-0.4, -0.2) is 119 Å². The van der Waals surface area contributed by atoms with Gasteiger partial charge in [-0.25, -0.2) is 4.79 Å². The summed E-state index contributed by atoms with van der Waals surface area (Å²) in [6.45, 7) is -0.597. The standard InChI is InChI=1S/C40H43N3O13/c44-19-32-35(49)36(50)37(51)40(54,56-32)55-31-16-27-24(15-30(31)47)25(17-39(11-3-4-12-39)26-5-1-2-6-29(26)46)34(38(52)53)43(27)33(48)10-8-21-7-9-28(45)22(13-21)14-23-18-41-20-42-23/h1-2,5-10,13,15-16,18,25,32,34-37,44-47,49-51,54H,3-4,11-12,14,17,19-20H2,(H,52,53)/t25-,32-,34-,35-,36+,37-,40-/m1/s1. The third-order valence-electron chi connectivity index (χ3n) is 11.2. The van der Waals surface area contributed by atoms with Crippen LogP contribution in [0.1, 0.15) is 60.3 Å². The maximum atomic E-state index is 14.3. The number of aliphatic imine (C=N–C) groups is 2. The molecule has 296 valence electrons. The number of aliphatic hydroxyl groups excluding tert-OH is 4. The first-order chi connectivity index (χ1) is 26.7. The number of fused-ring (bicyclic) bond motifs is 1. The molecule has 0 radical (unpaired) electrons. The van der Waals surface area contributed by atoms with Crippen LogP contribution in [0.25, 0.3) is 6.08 Å². The molecule has 1 saturated carbocycles. The predicted octanol–water partition coefficient (Wildman–Crippen LogP) is 1.83. The molecule has 1 saturated heterocycles. The van der Waals surface area contributed by atoms with Crippen molar-refractivity contribution < 1.29 is 65.0 Å². The topological polar surface area (TPSA) is 263 Å². The molecular formula is C40H43N3O13. The number of benzene rings is 3. The van der Waals surface area contributed by atoms with Gasteiger partial charge in [-0.2, -0.15) is 0 Å². The summed E-state index contributed by atoms with van der Waals surface area (Å²) in [4.78, 5) is 37.0. The van der Waals surface area contributed by atoms with Gasteiger partial charge in [-0.1, -0.05) is 37.1 Å². The first-order valence-electron chi connectivity index (χ1n) is 18.2. The Kier molecular flexibility index (Phi) is 10.6. The molecule has 0 unspecified atom stereocenters. The highest BCUT2D eigenvalue weighted by Gasteiger charge is 2.56. The Hall–Kier alpha value is -5.36. The van der Waals surface area contributed by atoms with Gasteiger partial charge in [0, 0.05) is 41.8 Å². The number of para-hydroxylation sites is 1. The number of hydrogen-bond acceptors (Lipinski definition) is 14. The monoisotopic (exact) mass is 773 g/mol. The number of hydrogen-bond donors (Lipinski definition) is 9. The molecule has 7 atom stereocenters. The van der Waals surface area contributed by atoms with Gasteiger partial charge in [0.25, 0.3) is 5.91 Å². The van der Waals surface area contributed by atoms with Crippen LogP contribution in [0.3, 0.4) is 0 Å². The molecule has 0 aromatic heterocycles. The second kappa shape index (κ2) is 15.3. The summed E-state index contributed by atoms with van der Waals surface area (Å²) >= 11 is 0. The highest BCUT2D eigenvalue weighted by Crippen LogP contribution is 2.56. The van der Waals surface area contributed by atoms with Crippen molar-refractivity contribution >= 4 is 35.6 Å². The zero-order valence-electron chi connectivity index (χ0n) is 30.0. The molecule has 3 aliphatic heterocycles. The highest BCUT2D eigenvalue weighted by atomic mass is 16.8. The Morgan fingerprint density at radius 1 is 0.964 bits per heavy atom. The minimum absolute atomic E-state index is 0.0115. The lowest BCUT2D eigenvalue weighted by Crippen LogP contribution is -2.67. The molecule has 3 aromatic rings. The molecule has 3 aromatic carbocycles. The van der Waals surface area contributed by atoms with E-state index in [4.69, 9.17) is 9.47 Å². The average Bonchev–Trinajstić information content (AvgIpc) is 3.94. The summed E-state index contributed by atoms with van der Waals surface area (Å²) in [6.07, 6.45) is -0.262. The van der Waals surface area contributed by atoms with Crippen LogP contribution in [0.4, 0.5) is 5.69 Å². The van der Waals surface area contributed by atoms with Crippen molar-refractivity contribution in [2.75, 3.05) is 18.2 Å². The third-order valence-corrected chi connectivity index (χ3v) is 11.2. The van der Waals surface area contributed by atoms with E-state index in [-0.39, 0.29) is 35.6 Å². The molecule has 0 spiro atoms. The first kappa shape index (κ1) is 38.9. The van der Waals surface area contributed by atoms with Gasteiger partial charge >= 0.3 is 11.9 Å². The van der Waals surface area contributed by atoms with Gasteiger partial charge in [0.1, 0.15) is 42.5 Å². The number of aliphatic hydroxyl groups is 5. The molecule has 9 N–H and O–H groups in total. The molecule has 4 aliphatic rings. The number of phenols is 3. The van der Waals surface area contributed by atoms with Crippen molar-refractivity contribution in [3.8, 4) is 23.0 Å². The number of carboxylic acids is 1. The second-order valence-electron chi connectivity index (χ2n) is 14.7. The van der Waals surface area contributed by atoms with Crippen LogP contribution in [0, 0.1) is 0 Å². The minimum atomic E-state index is -3.12. The fourth-order valence-electron chi connectivity index (χ4n) is 8.48. The number of carbonyl (C=O) groups excluding carboxylic acids is 1. The van der Waals surface area contributed by atoms with E-state index in [9.17, 15) is 55.5 Å². The number of rotatable bonds is 11. The van der Waals surface area contributed by atoms with Gasteiger partial charge in [-0.05, 0) is 66.1 Å². The predicted molar refractivity (Wildman–Crippen MR) is 200 cm³/mol. The lowest BCUT2D eigenvalue weighted by Gasteiger charge is -2.44. The van der Waals surface area contributed by atoms with Gasteiger partial charge in [0.2, 0.25) is 0 Å². The summed E-state index contributed by atoms with van der Waals surface area (Å²) in [5.74, 6) is -7.38. The number of aromatic hydroxyl groups is 3. The van der Waals surface area contributed by atoms with E-state index >= 15 is 0 Å². The number of phenolic OH excluding ortho intramolecular Hbond substituents is 3. The average molecular weight is 774 g/mol. The van der Waals surface area contributed by atoms with Crippen molar-refractivity contribution in [2.24, 2.45) is 9.98 Å². The Bertz CT molecular complexity index is 2090. The van der Waals surface area contributed by atoms with Crippen LogP contribution in [0.15, 0.2) is 70.7 Å². The van der Waals surface area contributed by atoms with Gasteiger partial charge in [0.05, 0.1) is 18.0 Å². The Morgan fingerprint density at radius 2 is 1.71 bits per heavy atom. The number of ether oxygens (including phenoxy) is 2. The van der Waals surface area contributed by atoms with Gasteiger partial charge in [-0.15, -0.1) is 0 Å². The molecular weight excluding hydrogens is 730 g/mol. The number of aliphatic carboxylic acids is 1. The summed E-state index contributed by atoms with van der Waals surface area (Å²) in [5, 5.41) is 95.8. The van der Waals surface area contributed by atoms with Crippen LogP contribution >= 0.6 is 0 Å². The van der Waals surface area contributed by atoms with Crippen molar-refractivity contribution in [3.63, 3.8) is 0 Å². The molecule has 16 heteroatoms. The molecule has 1 amide bonds. The second-order valence-corrected chi connectivity index (χ2v) is 14.7. The van der Waals surface area contributed by atoms with E-state index in [1.165, 1.54) is 24.3 Å². The number of amides is 1. The van der Waals surface area contributed by atoms with Crippen LogP contribution < -0.4 is 9.64 Å². The molecule has 1 aliphatic carbocycles. The largest absolute Gasteiger partial charge is 0.508 e. The van der Waals surface area contributed by atoms with Crippen LogP contribution in [0.2, 0.25) is 0 Å². The number of carboxylic acid groups (broad SMARTS) is 1. The van der Waals surface area contributed by atoms with Crippen LogP contribution in [-0.2, 0) is 26.2 Å². The SMILES string of the molecule is O=C(O)[C@H]1[C@H](CC2(c3ccccc3O)CCCC2)c2cc(O)c(O[C@@]3(O)O[C@H](CO)[C@@H](O)[C@H](O)[C@H]3O)cc2N1C(=O)C=Cc1ccc(O)c(CC2=NCN=C2)c1. The van der Waals surface area contributed by atoms with E-state index in [0.717, 1.165) is 23.8 Å². The van der Waals surface area contributed by atoms with Gasteiger partial charge < -0.3 is 55.4 Å². The minimum Gasteiger partial charge on any atom is -0.508 e. The summed E-state index contributed by atoms with van der Waals surface area (Å²) in [5.41, 5.74) is 1.87. The zero-order valence-corrected chi connectivity index (χ0v) is 30.0. The van der Waals surface area contributed by atoms with E-state index in [2.05, 4.69) is 9.98 Å². The van der Waals surface area contributed by atoms with Gasteiger partial charge in [0.15, 0.2) is 17.6 Å². The number of nitrogens with zero attached hydrogens (tertiary/aromatic N) is 3. The Balaban J connectivity index is 1.30. The molecule has 16 nitrogen and oxygen atoms in total. The highest BCUT2D eigenvalue weighted by molar-refractivity contribution is 6.32. The molecule has 2 fully saturated rings. The smallest absolute Gasteiger partial charge is 0.355 e. The van der Waals surface area contributed by atoms with E-state index in [1.54, 1.807) is 42.6 Å². The normalized spacial score (nSPS) is 28.1. The summed E-state index contributed by atoms with van der Waals surface area (Å²) in [7, 11) is 0. The Labute approximate surface area is 320 Å². The number of anilines is 1. The lowest BCUT2D eigenvalue weighted by atomic mass is 9.69. The fourth-order valence-corrected chi connectivity index (χ4v) is 8.48. The van der Waals surface area contributed by atoms with Gasteiger partial charge in [-0.3, -0.25) is 19.7 Å². The Morgan fingerprint density at radius 3 is 2.39 bits per heavy atom. The number of carbonyl (C=O) groups is 2. The summed E-state index contributed by atoms with van der Waals surface area (Å²) < 4.78 is 10.8. The maximum Gasteiger partial charge on any atom is 0.355 e. The van der Waals surface area contributed by atoms with E-state index in [1.807, 2.05) is 0 Å². The van der Waals surface area contributed by atoms with Crippen molar-refractivity contribution in [3.05, 3.63) is 82.9 Å². The lowest BCUT2D eigenvalue weighted by molar-refractivity contribution is -0.422. The third kappa shape index (κ3) is 7.11. The van der Waals surface area contributed by atoms with E-state index < -0.39 is 77.7 Å². The molecule has 3 heterocycles. The van der Waals surface area contributed by atoms with Crippen molar-refractivity contribution in [1.82, 2.24) is 0 Å². The van der Waals surface area contributed by atoms with Crippen LogP contribution in [0.5, 0.6) is 23.0 Å². The molecule has 0 bridgehead atoms. The van der Waals surface area contributed by atoms with E-state index in [0.29, 0.717) is 41.9 Å².